The van der Waals surface area contributed by atoms with Gasteiger partial charge in [0.2, 0.25) is 15.9 Å². The molecule has 8 heteroatoms. The van der Waals surface area contributed by atoms with Crippen LogP contribution in [0.4, 0.5) is 4.39 Å². The second-order valence-electron chi connectivity index (χ2n) is 3.96. The van der Waals surface area contributed by atoms with E-state index in [0.717, 1.165) is 12.1 Å². The summed E-state index contributed by atoms with van der Waals surface area (Å²) in [6, 6.07) is 4.79. The number of sulfonamides is 1. The zero-order chi connectivity index (χ0) is 15.3. The topological polar surface area (TPSA) is 90.3 Å². The fourth-order valence-corrected chi connectivity index (χ4v) is 2.52. The van der Waals surface area contributed by atoms with Crippen LogP contribution in [-0.4, -0.2) is 39.4 Å². The fraction of sp³-hybridized carbons (Fsp3) is 0.333. The van der Waals surface area contributed by atoms with Crippen LogP contribution in [-0.2, 0) is 14.8 Å². The van der Waals surface area contributed by atoms with E-state index in [-0.39, 0.29) is 0 Å². The van der Waals surface area contributed by atoms with Crippen LogP contribution >= 0.6 is 0 Å². The average Bonchev–Trinajstić information content (AvgIpc) is 2.43. The quantitative estimate of drug-likeness (QED) is 0.855. The zero-order valence-corrected chi connectivity index (χ0v) is 11.9. The summed E-state index contributed by atoms with van der Waals surface area (Å²) in [7, 11) is -2.60. The van der Waals surface area contributed by atoms with Gasteiger partial charge in [0.15, 0.2) is 0 Å². The minimum Gasteiger partial charge on any atom is -0.345 e. The lowest BCUT2D eigenvalue weighted by Crippen LogP contribution is -2.38. The van der Waals surface area contributed by atoms with Crippen LogP contribution < -0.4 is 4.72 Å². The molecule has 0 aliphatic heterocycles. The van der Waals surface area contributed by atoms with Gasteiger partial charge in [0.25, 0.3) is 0 Å². The largest absolute Gasteiger partial charge is 0.345 e. The summed E-state index contributed by atoms with van der Waals surface area (Å²) in [5.74, 6) is -1.35. The van der Waals surface area contributed by atoms with Gasteiger partial charge in [0, 0.05) is 13.6 Å². The van der Waals surface area contributed by atoms with Crippen LogP contribution in [0.25, 0.3) is 0 Å². The first-order valence-electron chi connectivity index (χ1n) is 5.75. The average molecular weight is 299 g/mol. The molecule has 1 N–H and O–H groups in total. The Morgan fingerprint density at radius 3 is 2.70 bits per heavy atom. The molecule has 0 radical (unpaired) electrons. The Balaban J connectivity index is 2.99. The molecule has 0 aliphatic carbocycles. The van der Waals surface area contributed by atoms with Crippen LogP contribution in [0.5, 0.6) is 0 Å². The van der Waals surface area contributed by atoms with E-state index < -0.39 is 38.8 Å². The maximum Gasteiger partial charge on any atom is 0.242 e. The number of likely N-dealkylation sites (N-methyl/N-ethyl adjacent to an activating group) is 1. The van der Waals surface area contributed by atoms with Crippen molar-refractivity contribution in [3.8, 4) is 6.07 Å². The molecule has 1 aromatic rings. The summed E-state index contributed by atoms with van der Waals surface area (Å²) in [5, 5.41) is 8.81. The van der Waals surface area contributed by atoms with Crippen LogP contribution in [0, 0.1) is 17.1 Å². The minimum atomic E-state index is -4.12. The van der Waals surface area contributed by atoms with E-state index >= 15 is 0 Å². The number of carbonyl (C=O) groups excluding carboxylic acids is 1. The van der Waals surface area contributed by atoms with Gasteiger partial charge in [-0.15, -0.1) is 0 Å². The molecule has 0 spiro atoms. The van der Waals surface area contributed by atoms with Crippen molar-refractivity contribution in [2.45, 2.75) is 11.8 Å². The van der Waals surface area contributed by atoms with Crippen LogP contribution in [0.3, 0.4) is 0 Å². The highest BCUT2D eigenvalue weighted by molar-refractivity contribution is 7.89. The van der Waals surface area contributed by atoms with Crippen LogP contribution in [0.1, 0.15) is 12.5 Å². The van der Waals surface area contributed by atoms with Crippen molar-refractivity contribution in [3.63, 3.8) is 0 Å². The number of halogens is 1. The van der Waals surface area contributed by atoms with Gasteiger partial charge in [-0.25, -0.2) is 17.5 Å². The summed E-state index contributed by atoms with van der Waals surface area (Å²) in [6.07, 6.45) is 0. The number of nitriles is 1. The van der Waals surface area contributed by atoms with Gasteiger partial charge in [-0.05, 0) is 19.1 Å². The van der Waals surface area contributed by atoms with Gasteiger partial charge in [-0.2, -0.15) is 5.26 Å². The van der Waals surface area contributed by atoms with Crippen LogP contribution in [0.15, 0.2) is 23.1 Å². The van der Waals surface area contributed by atoms with Crippen LogP contribution in [0.2, 0.25) is 0 Å². The van der Waals surface area contributed by atoms with Gasteiger partial charge < -0.3 is 4.90 Å². The third-order valence-electron chi connectivity index (χ3n) is 2.69. The van der Waals surface area contributed by atoms with Crippen molar-refractivity contribution >= 4 is 15.9 Å². The van der Waals surface area contributed by atoms with E-state index in [1.807, 2.05) is 0 Å². The second kappa shape index (κ2) is 6.45. The van der Waals surface area contributed by atoms with Gasteiger partial charge in [0.1, 0.15) is 22.3 Å². The Kier molecular flexibility index (Phi) is 5.19. The molecule has 0 heterocycles. The summed E-state index contributed by atoms with van der Waals surface area (Å²) < 4.78 is 39.4. The smallest absolute Gasteiger partial charge is 0.242 e. The van der Waals surface area contributed by atoms with E-state index in [1.165, 1.54) is 24.1 Å². The van der Waals surface area contributed by atoms with Gasteiger partial charge >= 0.3 is 0 Å². The Morgan fingerprint density at radius 2 is 2.15 bits per heavy atom. The zero-order valence-electron chi connectivity index (χ0n) is 11.1. The molecule has 0 bridgehead atoms. The first-order valence-corrected chi connectivity index (χ1v) is 7.24. The highest BCUT2D eigenvalue weighted by Crippen LogP contribution is 2.17. The highest BCUT2D eigenvalue weighted by Gasteiger charge is 2.22. The maximum absolute atomic E-state index is 13.4. The van der Waals surface area contributed by atoms with Crippen molar-refractivity contribution in [3.05, 3.63) is 29.6 Å². The molecule has 0 atom stereocenters. The molecule has 0 unspecified atom stereocenters. The van der Waals surface area contributed by atoms with E-state index in [2.05, 4.69) is 4.72 Å². The van der Waals surface area contributed by atoms with Crippen molar-refractivity contribution in [1.82, 2.24) is 9.62 Å². The Hall–Kier alpha value is -1.98. The van der Waals surface area contributed by atoms with E-state index in [0.29, 0.717) is 6.54 Å². The minimum absolute atomic E-state index is 0.425. The number of amides is 1. The molecule has 0 saturated carbocycles. The number of nitrogens with one attached hydrogen (secondary N) is 1. The lowest BCUT2D eigenvalue weighted by atomic mass is 10.2. The molecule has 20 heavy (non-hydrogen) atoms. The van der Waals surface area contributed by atoms with Crippen molar-refractivity contribution in [2.24, 2.45) is 0 Å². The number of hydrogen-bond donors (Lipinski definition) is 1. The van der Waals surface area contributed by atoms with Crippen molar-refractivity contribution < 1.29 is 17.6 Å². The Labute approximate surface area is 116 Å². The summed E-state index contributed by atoms with van der Waals surface area (Å²) >= 11 is 0. The maximum atomic E-state index is 13.4. The number of nitrogens with zero attached hydrogens (tertiary/aromatic N) is 2. The standard InChI is InChI=1S/C12H14FN3O3S/c1-3-16(2)12(17)8-15-20(18,19)11-6-4-5-10(13)9(11)7-14/h4-6,15H,3,8H2,1-2H3. The predicted molar refractivity (Wildman–Crippen MR) is 69.6 cm³/mol. The van der Waals surface area contributed by atoms with Gasteiger partial charge in [-0.3, -0.25) is 4.79 Å². The number of benzene rings is 1. The normalized spacial score (nSPS) is 10.9. The number of hydrogen-bond acceptors (Lipinski definition) is 4. The van der Waals surface area contributed by atoms with Crippen molar-refractivity contribution in [2.75, 3.05) is 20.1 Å². The monoisotopic (exact) mass is 299 g/mol. The van der Waals surface area contributed by atoms with E-state index in [4.69, 9.17) is 5.26 Å². The molecular weight excluding hydrogens is 285 g/mol. The van der Waals surface area contributed by atoms with Gasteiger partial charge in [-0.1, -0.05) is 6.07 Å². The third-order valence-corrected chi connectivity index (χ3v) is 4.13. The Morgan fingerprint density at radius 1 is 1.50 bits per heavy atom. The molecule has 1 amide bonds. The first kappa shape index (κ1) is 16.1. The molecule has 6 nitrogen and oxygen atoms in total. The van der Waals surface area contributed by atoms with E-state index in [9.17, 15) is 17.6 Å². The molecule has 0 aromatic heterocycles. The summed E-state index contributed by atoms with van der Waals surface area (Å²) in [6.45, 7) is 1.73. The summed E-state index contributed by atoms with van der Waals surface area (Å²) in [5.41, 5.74) is -0.573. The van der Waals surface area contributed by atoms with Gasteiger partial charge in [0.05, 0.1) is 6.54 Å². The highest BCUT2D eigenvalue weighted by atomic mass is 32.2. The Bertz CT molecular complexity index is 652. The molecule has 0 saturated heterocycles. The predicted octanol–water partition coefficient (Wildman–Crippen LogP) is 0.454. The molecular formula is C12H14FN3O3S. The lowest BCUT2D eigenvalue weighted by molar-refractivity contribution is -0.128. The molecule has 108 valence electrons. The number of rotatable bonds is 5. The molecule has 1 rings (SSSR count). The second-order valence-corrected chi connectivity index (χ2v) is 5.69. The lowest BCUT2D eigenvalue weighted by Gasteiger charge is -2.15. The number of carbonyl (C=O) groups is 1. The summed E-state index contributed by atoms with van der Waals surface area (Å²) in [4.78, 5) is 12.4. The third kappa shape index (κ3) is 3.53. The molecule has 0 fully saturated rings. The fourth-order valence-electron chi connectivity index (χ4n) is 1.38. The SMILES string of the molecule is CCN(C)C(=O)CNS(=O)(=O)c1cccc(F)c1C#N. The molecule has 0 aliphatic rings. The van der Waals surface area contributed by atoms with E-state index in [1.54, 1.807) is 6.92 Å². The van der Waals surface area contributed by atoms with Crippen molar-refractivity contribution in [1.29, 1.82) is 5.26 Å². The first-order chi connectivity index (χ1) is 9.33. The molecule has 1 aromatic carbocycles.